The van der Waals surface area contributed by atoms with E-state index in [2.05, 4.69) is 47.2 Å². The molecule has 5 nitrogen and oxygen atoms in total. The first-order valence-electron chi connectivity index (χ1n) is 7.06. The topological polar surface area (TPSA) is 60.0 Å². The Hall–Kier alpha value is -1.72. The van der Waals surface area contributed by atoms with Crippen LogP contribution in [0.15, 0.2) is 30.6 Å². The van der Waals surface area contributed by atoms with Gasteiger partial charge in [0.15, 0.2) is 0 Å². The lowest BCUT2D eigenvalue weighted by molar-refractivity contribution is 0.301. The Morgan fingerprint density at radius 2 is 1.95 bits per heavy atom. The number of hydrogen-bond donors (Lipinski definition) is 1. The summed E-state index contributed by atoms with van der Waals surface area (Å²) in [5.41, 5.74) is 8.26. The average molecular weight is 273 g/mol. The predicted molar refractivity (Wildman–Crippen MR) is 79.8 cm³/mol. The second-order valence-electron chi connectivity index (χ2n) is 5.04. The summed E-state index contributed by atoms with van der Waals surface area (Å²) in [4.78, 5) is 6.59. The summed E-state index contributed by atoms with van der Waals surface area (Å²) >= 11 is 0. The molecule has 0 fully saturated rings. The van der Waals surface area contributed by atoms with Crippen molar-refractivity contribution in [1.82, 2.24) is 19.7 Å². The zero-order valence-corrected chi connectivity index (χ0v) is 12.3. The van der Waals surface area contributed by atoms with Crippen molar-refractivity contribution in [3.8, 4) is 0 Å². The minimum Gasteiger partial charge on any atom is -0.326 e. The highest BCUT2D eigenvalue weighted by Gasteiger charge is 2.09. The fourth-order valence-electron chi connectivity index (χ4n) is 2.31. The van der Waals surface area contributed by atoms with E-state index in [1.807, 2.05) is 10.7 Å². The van der Waals surface area contributed by atoms with E-state index in [-0.39, 0.29) is 0 Å². The summed E-state index contributed by atoms with van der Waals surface area (Å²) in [5.74, 6) is 1.01. The maximum absolute atomic E-state index is 5.78. The van der Waals surface area contributed by atoms with Crippen LogP contribution >= 0.6 is 0 Å². The normalized spacial score (nSPS) is 11.2. The minimum atomic E-state index is 0.579. The smallest absolute Gasteiger partial charge is 0.141 e. The Labute approximate surface area is 120 Å². The molecule has 0 aliphatic heterocycles. The Balaban J connectivity index is 2.01. The van der Waals surface area contributed by atoms with Gasteiger partial charge in [-0.05, 0) is 24.6 Å². The molecule has 0 aliphatic rings. The van der Waals surface area contributed by atoms with Crippen LogP contribution in [0, 0.1) is 0 Å². The molecular formula is C15H23N5. The van der Waals surface area contributed by atoms with Crippen molar-refractivity contribution in [3.05, 3.63) is 47.5 Å². The summed E-state index contributed by atoms with van der Waals surface area (Å²) in [6, 6.07) is 8.31. The molecule has 5 heteroatoms. The first-order valence-corrected chi connectivity index (χ1v) is 7.06. The van der Waals surface area contributed by atoms with Crippen molar-refractivity contribution in [2.75, 3.05) is 7.05 Å². The van der Waals surface area contributed by atoms with Crippen LogP contribution < -0.4 is 5.73 Å². The molecule has 2 rings (SSSR count). The fourth-order valence-corrected chi connectivity index (χ4v) is 2.31. The van der Waals surface area contributed by atoms with E-state index in [1.54, 1.807) is 6.33 Å². The van der Waals surface area contributed by atoms with Gasteiger partial charge in [0.05, 0.1) is 6.54 Å². The monoisotopic (exact) mass is 273 g/mol. The molecule has 0 amide bonds. The van der Waals surface area contributed by atoms with Gasteiger partial charge in [-0.3, -0.25) is 4.90 Å². The maximum atomic E-state index is 5.78. The summed E-state index contributed by atoms with van der Waals surface area (Å²) < 4.78 is 1.98. The number of nitrogens with two attached hydrogens (primary N) is 1. The Morgan fingerprint density at radius 1 is 1.20 bits per heavy atom. The van der Waals surface area contributed by atoms with Gasteiger partial charge in [0.2, 0.25) is 0 Å². The summed E-state index contributed by atoms with van der Waals surface area (Å²) in [6.45, 7) is 5.30. The van der Waals surface area contributed by atoms with Gasteiger partial charge >= 0.3 is 0 Å². The summed E-state index contributed by atoms with van der Waals surface area (Å²) in [6.07, 6.45) is 2.70. The molecular weight excluding hydrogens is 250 g/mol. The molecule has 1 heterocycles. The van der Waals surface area contributed by atoms with Crippen molar-refractivity contribution in [1.29, 1.82) is 0 Å². The minimum absolute atomic E-state index is 0.579. The lowest BCUT2D eigenvalue weighted by atomic mass is 10.1. The molecule has 20 heavy (non-hydrogen) atoms. The highest BCUT2D eigenvalue weighted by atomic mass is 15.3. The molecule has 0 radical (unpaired) electrons. The van der Waals surface area contributed by atoms with Gasteiger partial charge < -0.3 is 5.73 Å². The van der Waals surface area contributed by atoms with E-state index >= 15 is 0 Å². The molecule has 0 saturated carbocycles. The third kappa shape index (κ3) is 3.65. The van der Waals surface area contributed by atoms with Crippen LogP contribution in [0.5, 0.6) is 0 Å². The lowest BCUT2D eigenvalue weighted by Crippen LogP contribution is -2.21. The summed E-state index contributed by atoms with van der Waals surface area (Å²) in [7, 11) is 2.10. The van der Waals surface area contributed by atoms with E-state index in [4.69, 9.17) is 5.73 Å². The summed E-state index contributed by atoms with van der Waals surface area (Å²) in [5, 5.41) is 4.26. The van der Waals surface area contributed by atoms with E-state index in [9.17, 15) is 0 Å². The first-order chi connectivity index (χ1) is 9.74. The van der Waals surface area contributed by atoms with Crippen LogP contribution in [0.1, 0.15) is 30.3 Å². The van der Waals surface area contributed by atoms with Crippen LogP contribution in [-0.2, 0) is 26.2 Å². The van der Waals surface area contributed by atoms with Gasteiger partial charge in [-0.25, -0.2) is 9.67 Å². The van der Waals surface area contributed by atoms with Crippen LogP contribution in [0.25, 0.3) is 0 Å². The number of aromatic nitrogens is 3. The van der Waals surface area contributed by atoms with Gasteiger partial charge in [-0.2, -0.15) is 5.10 Å². The quantitative estimate of drug-likeness (QED) is 0.835. The predicted octanol–water partition coefficient (Wildman–Crippen LogP) is 1.78. The molecule has 1 aromatic heterocycles. The van der Waals surface area contributed by atoms with Crippen molar-refractivity contribution in [2.24, 2.45) is 5.73 Å². The molecule has 1 aromatic carbocycles. The van der Waals surface area contributed by atoms with E-state index in [0.29, 0.717) is 6.54 Å². The van der Waals surface area contributed by atoms with Crippen LogP contribution in [-0.4, -0.2) is 26.7 Å². The van der Waals surface area contributed by atoms with Crippen molar-refractivity contribution >= 4 is 0 Å². The molecule has 2 N–H and O–H groups in total. The van der Waals surface area contributed by atoms with E-state index < -0.39 is 0 Å². The zero-order valence-electron chi connectivity index (χ0n) is 12.3. The largest absolute Gasteiger partial charge is 0.326 e. The number of benzene rings is 1. The van der Waals surface area contributed by atoms with Crippen LogP contribution in [0.3, 0.4) is 0 Å². The highest BCUT2D eigenvalue weighted by molar-refractivity contribution is 5.26. The molecule has 108 valence electrons. The molecule has 0 spiro atoms. The first kappa shape index (κ1) is 14.7. The van der Waals surface area contributed by atoms with Crippen molar-refractivity contribution < 1.29 is 0 Å². The van der Waals surface area contributed by atoms with Gasteiger partial charge in [-0.1, -0.05) is 31.2 Å². The second-order valence-corrected chi connectivity index (χ2v) is 5.04. The second kappa shape index (κ2) is 7.17. The molecule has 0 unspecified atom stereocenters. The fraction of sp³-hybridized carbons (Fsp3) is 0.467. The third-order valence-corrected chi connectivity index (χ3v) is 3.32. The Bertz CT molecular complexity index is 535. The number of nitrogens with zero attached hydrogens (tertiary/aromatic N) is 4. The highest BCUT2D eigenvalue weighted by Crippen LogP contribution is 2.12. The standard InChI is InChI=1S/C15H23N5/c1-3-8-20-15(17-12-18-20)11-19(2)10-14-7-5-4-6-13(14)9-16/h4-7,12H,3,8-11,16H2,1-2H3. The lowest BCUT2D eigenvalue weighted by Gasteiger charge is -2.18. The van der Waals surface area contributed by atoms with Gasteiger partial charge in [0.1, 0.15) is 12.2 Å². The number of rotatable bonds is 7. The Morgan fingerprint density at radius 3 is 2.65 bits per heavy atom. The maximum Gasteiger partial charge on any atom is 0.141 e. The van der Waals surface area contributed by atoms with Crippen LogP contribution in [0.4, 0.5) is 0 Å². The zero-order chi connectivity index (χ0) is 14.4. The third-order valence-electron chi connectivity index (χ3n) is 3.32. The van der Waals surface area contributed by atoms with E-state index in [0.717, 1.165) is 31.9 Å². The number of aryl methyl sites for hydroxylation is 1. The van der Waals surface area contributed by atoms with Crippen molar-refractivity contribution in [2.45, 2.75) is 39.5 Å². The Kier molecular flexibility index (Phi) is 5.26. The number of hydrogen-bond acceptors (Lipinski definition) is 4. The molecule has 0 aliphatic carbocycles. The molecule has 0 bridgehead atoms. The van der Waals surface area contributed by atoms with Gasteiger partial charge in [-0.15, -0.1) is 0 Å². The molecule has 2 aromatic rings. The molecule has 0 atom stereocenters. The van der Waals surface area contributed by atoms with Gasteiger partial charge in [0.25, 0.3) is 0 Å². The van der Waals surface area contributed by atoms with E-state index in [1.165, 1.54) is 11.1 Å². The van der Waals surface area contributed by atoms with Crippen molar-refractivity contribution in [3.63, 3.8) is 0 Å². The van der Waals surface area contributed by atoms with Crippen LogP contribution in [0.2, 0.25) is 0 Å². The SMILES string of the molecule is CCCn1ncnc1CN(C)Cc1ccccc1CN. The van der Waals surface area contributed by atoms with Gasteiger partial charge in [0, 0.05) is 19.6 Å². The molecule has 0 saturated heterocycles. The average Bonchev–Trinajstić information content (AvgIpc) is 2.87.